The van der Waals surface area contributed by atoms with Crippen molar-refractivity contribution in [3.05, 3.63) is 45.2 Å². The van der Waals surface area contributed by atoms with Crippen molar-refractivity contribution in [2.75, 3.05) is 0 Å². The highest BCUT2D eigenvalue weighted by molar-refractivity contribution is 5.87. The number of aliphatic carboxylic acids is 1. The van der Waals surface area contributed by atoms with Gasteiger partial charge in [0.2, 0.25) is 0 Å². The topological polar surface area (TPSA) is 79.5 Å². The molecule has 154 valence electrons. The third-order valence-corrected chi connectivity index (χ3v) is 4.33. The fourth-order valence-electron chi connectivity index (χ4n) is 3.11. The molecule has 5 nitrogen and oxygen atoms in total. The van der Waals surface area contributed by atoms with Crippen LogP contribution in [-0.2, 0) is 23.4 Å². The number of aryl methyl sites for hydroxylation is 3. The molecule has 1 aromatic carbocycles. The molecule has 0 bridgehead atoms. The van der Waals surface area contributed by atoms with Crippen LogP contribution in [0.2, 0.25) is 0 Å². The Kier molecular flexibility index (Phi) is 5.28. The lowest BCUT2D eigenvalue weighted by Gasteiger charge is -2.33. The summed E-state index contributed by atoms with van der Waals surface area (Å²) in [6.07, 6.45) is -11.8. The minimum atomic E-state index is -5.94. The summed E-state index contributed by atoms with van der Waals surface area (Å²) >= 11 is 0. The molecule has 1 aliphatic rings. The first kappa shape index (κ1) is 21.7. The van der Waals surface area contributed by atoms with E-state index in [0.717, 1.165) is 13.0 Å². The standard InChI is InChI=1S/C15H11F6NO2.C2H4O2/c1-7-4-11(23)22-3-2-8-5-9(6-10(7)12(8)22)13(24,14(16,17)18)15(19,20)21;1-2(3)4/h4-6,24H,2-3H2,1H3;1H3,(H,3,4). The molecule has 0 radical (unpaired) electrons. The molecule has 1 aliphatic heterocycles. The van der Waals surface area contributed by atoms with Crippen LogP contribution < -0.4 is 5.56 Å². The number of rotatable bonds is 1. The first-order valence-corrected chi connectivity index (χ1v) is 7.84. The lowest BCUT2D eigenvalue weighted by molar-refractivity contribution is -0.376. The van der Waals surface area contributed by atoms with Gasteiger partial charge < -0.3 is 14.8 Å². The van der Waals surface area contributed by atoms with Crippen LogP contribution in [0, 0.1) is 6.92 Å². The molecule has 2 aromatic rings. The van der Waals surface area contributed by atoms with Crippen molar-refractivity contribution in [1.82, 2.24) is 4.57 Å². The molecule has 0 amide bonds. The second kappa shape index (κ2) is 6.80. The van der Waals surface area contributed by atoms with Gasteiger partial charge in [-0.3, -0.25) is 9.59 Å². The molecule has 2 heterocycles. The fraction of sp³-hybridized carbons (Fsp3) is 0.412. The maximum absolute atomic E-state index is 13.1. The molecule has 0 saturated carbocycles. The molecule has 0 unspecified atom stereocenters. The van der Waals surface area contributed by atoms with E-state index in [2.05, 4.69) is 0 Å². The number of pyridine rings is 1. The summed E-state index contributed by atoms with van der Waals surface area (Å²) in [4.78, 5) is 20.9. The number of carboxylic acids is 1. The zero-order valence-electron chi connectivity index (χ0n) is 14.6. The van der Waals surface area contributed by atoms with E-state index >= 15 is 0 Å². The van der Waals surface area contributed by atoms with E-state index < -0.39 is 29.5 Å². The van der Waals surface area contributed by atoms with E-state index in [4.69, 9.17) is 9.90 Å². The number of hydrogen-bond donors (Lipinski definition) is 2. The largest absolute Gasteiger partial charge is 0.481 e. The maximum atomic E-state index is 13.1. The van der Waals surface area contributed by atoms with Gasteiger partial charge in [0.15, 0.2) is 0 Å². The normalized spacial score (nSPS) is 14.0. The molecule has 11 heteroatoms. The molecule has 3 rings (SSSR count). The number of hydrogen-bond acceptors (Lipinski definition) is 3. The van der Waals surface area contributed by atoms with Gasteiger partial charge in [-0.25, -0.2) is 0 Å². The van der Waals surface area contributed by atoms with Crippen LogP contribution in [0.5, 0.6) is 0 Å². The van der Waals surface area contributed by atoms with Gasteiger partial charge in [-0.2, -0.15) is 26.3 Å². The number of nitrogens with zero attached hydrogens (tertiary/aromatic N) is 1. The molecule has 2 N–H and O–H groups in total. The number of aliphatic hydroxyl groups is 1. The molecule has 28 heavy (non-hydrogen) atoms. The van der Waals surface area contributed by atoms with Gasteiger partial charge in [0, 0.05) is 30.5 Å². The molecule has 0 fully saturated rings. The summed E-state index contributed by atoms with van der Waals surface area (Å²) in [5.74, 6) is -0.833. The second-order valence-corrected chi connectivity index (χ2v) is 6.32. The summed E-state index contributed by atoms with van der Waals surface area (Å²) in [5, 5.41) is 17.1. The summed E-state index contributed by atoms with van der Waals surface area (Å²) in [6.45, 7) is 2.68. The van der Waals surface area contributed by atoms with Crippen molar-refractivity contribution in [2.45, 2.75) is 44.8 Å². The van der Waals surface area contributed by atoms with Crippen molar-refractivity contribution >= 4 is 16.9 Å². The maximum Gasteiger partial charge on any atom is 0.430 e. The molecule has 0 aliphatic carbocycles. The van der Waals surface area contributed by atoms with Gasteiger partial charge in [0.25, 0.3) is 17.1 Å². The highest BCUT2D eigenvalue weighted by atomic mass is 19.4. The second-order valence-electron chi connectivity index (χ2n) is 6.32. The Hall–Kier alpha value is -2.56. The van der Waals surface area contributed by atoms with Gasteiger partial charge >= 0.3 is 12.4 Å². The average molecular weight is 411 g/mol. The Labute approximate surface area is 153 Å². The van der Waals surface area contributed by atoms with E-state index in [1.54, 1.807) is 0 Å². The Balaban J connectivity index is 0.000000640. The van der Waals surface area contributed by atoms with E-state index in [1.165, 1.54) is 11.5 Å². The minimum absolute atomic E-state index is 0.0894. The van der Waals surface area contributed by atoms with Crippen LogP contribution in [0.25, 0.3) is 10.9 Å². The van der Waals surface area contributed by atoms with E-state index in [9.17, 15) is 36.2 Å². The molecule has 1 aromatic heterocycles. The van der Waals surface area contributed by atoms with Crippen LogP contribution in [0.4, 0.5) is 26.3 Å². The van der Waals surface area contributed by atoms with Crippen LogP contribution in [-0.4, -0.2) is 33.1 Å². The Morgan fingerprint density at radius 3 is 2.04 bits per heavy atom. The molecular formula is C17H15F6NO4. The number of carbonyl (C=O) groups is 1. The lowest BCUT2D eigenvalue weighted by Crippen LogP contribution is -2.54. The number of benzene rings is 1. The van der Waals surface area contributed by atoms with Crippen molar-refractivity contribution in [3.8, 4) is 0 Å². The minimum Gasteiger partial charge on any atom is -0.481 e. The predicted octanol–water partition coefficient (Wildman–Crippen LogP) is 3.27. The van der Waals surface area contributed by atoms with Gasteiger partial charge in [-0.15, -0.1) is 0 Å². The molecular weight excluding hydrogens is 396 g/mol. The number of halogens is 6. The fourth-order valence-corrected chi connectivity index (χ4v) is 3.11. The smallest absolute Gasteiger partial charge is 0.430 e. The SMILES string of the molecule is CC(=O)O.Cc1cc(=O)n2c3c(cc(C(O)(C(F)(F)F)C(F)(F)F)cc13)CC2. The van der Waals surface area contributed by atoms with Crippen molar-refractivity contribution in [2.24, 2.45) is 0 Å². The number of aromatic nitrogens is 1. The van der Waals surface area contributed by atoms with E-state index in [-0.39, 0.29) is 35.0 Å². The summed E-state index contributed by atoms with van der Waals surface area (Å²) in [6, 6.07) is 2.50. The average Bonchev–Trinajstić information content (AvgIpc) is 2.93. The lowest BCUT2D eigenvalue weighted by atomic mass is 9.88. The summed E-state index contributed by atoms with van der Waals surface area (Å²) < 4.78 is 79.8. The van der Waals surface area contributed by atoms with Crippen LogP contribution in [0.1, 0.15) is 23.6 Å². The number of alkyl halides is 6. The van der Waals surface area contributed by atoms with Gasteiger partial charge in [-0.1, -0.05) is 6.07 Å². The van der Waals surface area contributed by atoms with E-state index in [1.807, 2.05) is 0 Å². The third kappa shape index (κ3) is 3.46. The zero-order chi connectivity index (χ0) is 21.7. The first-order valence-electron chi connectivity index (χ1n) is 7.84. The molecule has 0 atom stereocenters. The van der Waals surface area contributed by atoms with Crippen LogP contribution in [0.15, 0.2) is 23.0 Å². The van der Waals surface area contributed by atoms with Crippen LogP contribution >= 0.6 is 0 Å². The Bertz CT molecular complexity index is 972. The summed E-state index contributed by atoms with van der Waals surface area (Å²) in [5.41, 5.74) is -5.89. The third-order valence-electron chi connectivity index (χ3n) is 4.33. The Morgan fingerprint density at radius 2 is 1.57 bits per heavy atom. The van der Waals surface area contributed by atoms with Crippen molar-refractivity contribution in [3.63, 3.8) is 0 Å². The van der Waals surface area contributed by atoms with Crippen molar-refractivity contribution < 1.29 is 41.4 Å². The van der Waals surface area contributed by atoms with Crippen molar-refractivity contribution in [1.29, 1.82) is 0 Å². The molecule has 0 saturated heterocycles. The zero-order valence-corrected chi connectivity index (χ0v) is 14.6. The summed E-state index contributed by atoms with van der Waals surface area (Å²) in [7, 11) is 0. The first-order chi connectivity index (χ1) is 12.6. The quantitative estimate of drug-likeness (QED) is 0.706. The van der Waals surface area contributed by atoms with Gasteiger partial charge in [-0.05, 0) is 30.5 Å². The van der Waals surface area contributed by atoms with Gasteiger partial charge in [0.05, 0.1) is 5.52 Å². The monoisotopic (exact) mass is 411 g/mol. The number of carboxylic acid groups (broad SMARTS) is 1. The predicted molar refractivity (Wildman–Crippen MR) is 86.0 cm³/mol. The highest BCUT2D eigenvalue weighted by Crippen LogP contribution is 2.51. The van der Waals surface area contributed by atoms with E-state index in [0.29, 0.717) is 17.6 Å². The Morgan fingerprint density at radius 1 is 1.07 bits per heavy atom. The highest BCUT2D eigenvalue weighted by Gasteiger charge is 2.71. The molecule has 0 spiro atoms. The van der Waals surface area contributed by atoms with Crippen LogP contribution in [0.3, 0.4) is 0 Å². The van der Waals surface area contributed by atoms with Gasteiger partial charge in [0.1, 0.15) is 0 Å².